The van der Waals surface area contributed by atoms with Gasteiger partial charge in [0.2, 0.25) is 0 Å². The minimum absolute atomic E-state index is 0. The Balaban J connectivity index is 0. The summed E-state index contributed by atoms with van der Waals surface area (Å²) in [6.07, 6.45) is 0. The fourth-order valence-electron chi connectivity index (χ4n) is 0. The van der Waals surface area contributed by atoms with E-state index in [4.69, 9.17) is 4.55 Å². The summed E-state index contributed by atoms with van der Waals surface area (Å²) >= 11 is 0. The van der Waals surface area contributed by atoms with Gasteiger partial charge >= 0.3 is 37.7 Å². The first-order chi connectivity index (χ1) is 2.94. The fraction of sp³-hybridized carbons (Fsp3) is 1.00. The SMILES string of the molecule is CC(C)S(=O)(=O)O.[CaH2]. The quantitative estimate of drug-likeness (QED) is 0.417. The minimum atomic E-state index is -3.74. The van der Waals surface area contributed by atoms with Crippen LogP contribution in [0.25, 0.3) is 0 Å². The van der Waals surface area contributed by atoms with Crippen molar-refractivity contribution in [1.82, 2.24) is 0 Å². The summed E-state index contributed by atoms with van der Waals surface area (Å²) in [4.78, 5) is 0. The van der Waals surface area contributed by atoms with E-state index in [9.17, 15) is 8.42 Å². The Morgan fingerprint density at radius 1 is 1.38 bits per heavy atom. The molecule has 0 aromatic carbocycles. The molecule has 0 aliphatic rings. The van der Waals surface area contributed by atoms with Crippen LogP contribution in [-0.2, 0) is 10.1 Å². The summed E-state index contributed by atoms with van der Waals surface area (Å²) < 4.78 is 27.8. The van der Waals surface area contributed by atoms with E-state index in [1.807, 2.05) is 0 Å². The molecule has 8 heavy (non-hydrogen) atoms. The number of hydrogen-bond donors (Lipinski definition) is 1. The van der Waals surface area contributed by atoms with Crippen molar-refractivity contribution in [3.63, 3.8) is 0 Å². The normalized spacial score (nSPS) is 11.0. The van der Waals surface area contributed by atoms with Crippen LogP contribution in [0.1, 0.15) is 13.8 Å². The van der Waals surface area contributed by atoms with E-state index < -0.39 is 15.4 Å². The van der Waals surface area contributed by atoms with Crippen LogP contribution >= 0.6 is 0 Å². The third kappa shape index (κ3) is 5.31. The zero-order valence-corrected chi connectivity index (χ0v) is 5.07. The Labute approximate surface area is 79.2 Å². The van der Waals surface area contributed by atoms with Gasteiger partial charge < -0.3 is 0 Å². The van der Waals surface area contributed by atoms with Crippen LogP contribution in [0.4, 0.5) is 0 Å². The fourth-order valence-corrected chi connectivity index (χ4v) is 0. The van der Waals surface area contributed by atoms with E-state index in [0.29, 0.717) is 0 Å². The van der Waals surface area contributed by atoms with Crippen molar-refractivity contribution in [2.45, 2.75) is 19.1 Å². The molecular formula is C3H10CaO3S. The predicted molar refractivity (Wildman–Crippen MR) is 35.2 cm³/mol. The van der Waals surface area contributed by atoms with Crippen LogP contribution < -0.4 is 0 Å². The summed E-state index contributed by atoms with van der Waals surface area (Å²) in [6.45, 7) is 2.82. The van der Waals surface area contributed by atoms with Gasteiger partial charge in [0.15, 0.2) is 0 Å². The molecule has 48 valence electrons. The van der Waals surface area contributed by atoms with Crippen LogP contribution in [0.3, 0.4) is 0 Å². The van der Waals surface area contributed by atoms with Gasteiger partial charge in [0, 0.05) is 0 Å². The topological polar surface area (TPSA) is 54.4 Å². The Morgan fingerprint density at radius 3 is 1.50 bits per heavy atom. The second-order valence-corrected chi connectivity index (χ2v) is 3.54. The van der Waals surface area contributed by atoms with Gasteiger partial charge in [-0.15, -0.1) is 0 Å². The summed E-state index contributed by atoms with van der Waals surface area (Å²) in [5, 5.41) is -0.674. The summed E-state index contributed by atoms with van der Waals surface area (Å²) in [5.74, 6) is 0. The molecule has 0 fully saturated rings. The van der Waals surface area contributed by atoms with Gasteiger partial charge in [-0.2, -0.15) is 8.42 Å². The molecule has 3 nitrogen and oxygen atoms in total. The molecule has 0 aromatic heterocycles. The van der Waals surface area contributed by atoms with Crippen LogP contribution in [-0.4, -0.2) is 56.0 Å². The molecule has 0 radical (unpaired) electrons. The molecule has 0 spiro atoms. The van der Waals surface area contributed by atoms with Gasteiger partial charge in [0.05, 0.1) is 5.25 Å². The molecule has 0 rings (SSSR count). The van der Waals surface area contributed by atoms with Crippen molar-refractivity contribution in [2.75, 3.05) is 0 Å². The van der Waals surface area contributed by atoms with Crippen molar-refractivity contribution in [3.05, 3.63) is 0 Å². The van der Waals surface area contributed by atoms with E-state index in [2.05, 4.69) is 0 Å². The standard InChI is InChI=1S/C3H8O3S.Ca.2H/c1-3(2)7(4,5)6;;;/h3H,1-2H3,(H,4,5,6);;;. The van der Waals surface area contributed by atoms with Gasteiger partial charge in [-0.25, -0.2) is 0 Å². The van der Waals surface area contributed by atoms with Gasteiger partial charge in [-0.1, -0.05) is 0 Å². The van der Waals surface area contributed by atoms with Crippen LogP contribution in [0.2, 0.25) is 0 Å². The summed E-state index contributed by atoms with van der Waals surface area (Å²) in [6, 6.07) is 0. The van der Waals surface area contributed by atoms with E-state index in [-0.39, 0.29) is 37.7 Å². The first kappa shape index (κ1) is 11.9. The Bertz CT molecular complexity index is 137. The molecule has 0 atom stereocenters. The van der Waals surface area contributed by atoms with Crippen molar-refractivity contribution in [1.29, 1.82) is 0 Å². The molecule has 0 aliphatic heterocycles. The maximum absolute atomic E-state index is 9.89. The third-order valence-corrected chi connectivity index (χ3v) is 1.79. The van der Waals surface area contributed by atoms with Crippen LogP contribution in [0.5, 0.6) is 0 Å². The zero-order valence-electron chi connectivity index (χ0n) is 4.25. The van der Waals surface area contributed by atoms with Gasteiger partial charge in [0.25, 0.3) is 10.1 Å². The first-order valence-electron chi connectivity index (χ1n) is 1.91. The zero-order chi connectivity index (χ0) is 6.08. The second kappa shape index (κ2) is 4.06. The molecule has 5 heteroatoms. The van der Waals surface area contributed by atoms with E-state index in [0.717, 1.165) is 0 Å². The Morgan fingerprint density at radius 2 is 1.50 bits per heavy atom. The molecule has 0 heterocycles. The summed E-state index contributed by atoms with van der Waals surface area (Å²) in [7, 11) is -3.74. The molecule has 1 N–H and O–H groups in total. The molecule has 0 saturated heterocycles. The van der Waals surface area contributed by atoms with Gasteiger partial charge in [-0.05, 0) is 13.8 Å². The predicted octanol–water partition coefficient (Wildman–Crippen LogP) is -0.634. The monoisotopic (exact) mass is 166 g/mol. The van der Waals surface area contributed by atoms with E-state index in [1.165, 1.54) is 13.8 Å². The Hall–Kier alpha value is 1.17. The van der Waals surface area contributed by atoms with Crippen molar-refractivity contribution in [2.24, 2.45) is 0 Å². The molecule has 0 aliphatic carbocycles. The van der Waals surface area contributed by atoms with Gasteiger partial charge in [0.1, 0.15) is 0 Å². The third-order valence-electron chi connectivity index (χ3n) is 0.596. The van der Waals surface area contributed by atoms with Crippen molar-refractivity contribution in [3.8, 4) is 0 Å². The molecule has 0 saturated carbocycles. The molecule has 0 amide bonds. The van der Waals surface area contributed by atoms with Crippen LogP contribution in [0, 0.1) is 0 Å². The number of rotatable bonds is 1. The Kier molecular flexibility index (Phi) is 6.04. The van der Waals surface area contributed by atoms with E-state index in [1.54, 1.807) is 0 Å². The second-order valence-electron chi connectivity index (χ2n) is 1.56. The number of hydrogen-bond acceptors (Lipinski definition) is 2. The van der Waals surface area contributed by atoms with Crippen molar-refractivity contribution < 1.29 is 13.0 Å². The summed E-state index contributed by atoms with van der Waals surface area (Å²) in [5.41, 5.74) is 0. The molecular weight excluding hydrogens is 156 g/mol. The first-order valence-corrected chi connectivity index (χ1v) is 3.41. The maximum atomic E-state index is 9.89. The average Bonchev–Trinajstić information content (AvgIpc) is 1.31. The molecule has 0 aromatic rings. The average molecular weight is 166 g/mol. The van der Waals surface area contributed by atoms with Crippen molar-refractivity contribution >= 4 is 47.9 Å². The van der Waals surface area contributed by atoms with Crippen LogP contribution in [0.15, 0.2) is 0 Å². The van der Waals surface area contributed by atoms with E-state index >= 15 is 0 Å². The molecule has 0 bridgehead atoms. The molecule has 0 unspecified atom stereocenters. The van der Waals surface area contributed by atoms with Gasteiger partial charge in [-0.3, -0.25) is 4.55 Å².